The fraction of sp³-hybridized carbons (Fsp3) is 0.480. The van der Waals surface area contributed by atoms with Crippen LogP contribution in [0.4, 0.5) is 10.7 Å². The molecular weight excluding hydrogens is 420 g/mol. The molecule has 1 aliphatic rings. The van der Waals surface area contributed by atoms with E-state index >= 15 is 0 Å². The average molecular weight is 453 g/mol. The second-order valence-corrected chi connectivity index (χ2v) is 10.5. The first-order valence-electron chi connectivity index (χ1n) is 11.0. The van der Waals surface area contributed by atoms with Gasteiger partial charge in [-0.15, -0.1) is 11.3 Å². The van der Waals surface area contributed by atoms with Crippen LogP contribution in [0.3, 0.4) is 0 Å². The molecule has 1 heterocycles. The fourth-order valence-corrected chi connectivity index (χ4v) is 4.78. The van der Waals surface area contributed by atoms with E-state index < -0.39 is 0 Å². The largest absolute Gasteiger partial charge is 0.325 e. The van der Waals surface area contributed by atoms with Gasteiger partial charge in [-0.05, 0) is 60.2 Å². The van der Waals surface area contributed by atoms with E-state index in [-0.39, 0.29) is 30.2 Å². The molecule has 1 saturated carbocycles. The summed E-state index contributed by atoms with van der Waals surface area (Å²) in [5, 5.41) is 18.0. The van der Waals surface area contributed by atoms with Gasteiger partial charge in [0.15, 0.2) is 0 Å². The Labute approximate surface area is 194 Å². The summed E-state index contributed by atoms with van der Waals surface area (Å²) < 4.78 is 0. The van der Waals surface area contributed by atoms with Gasteiger partial charge in [0, 0.05) is 24.7 Å². The maximum Gasteiger partial charge on any atom is 0.238 e. The number of anilines is 2. The molecule has 2 N–H and O–H groups in total. The molecule has 6 nitrogen and oxygen atoms in total. The molecule has 2 aromatic rings. The van der Waals surface area contributed by atoms with Gasteiger partial charge < -0.3 is 10.6 Å². The van der Waals surface area contributed by atoms with Crippen molar-refractivity contribution < 1.29 is 9.59 Å². The second kappa shape index (κ2) is 9.85. The molecule has 1 aromatic carbocycles. The first-order chi connectivity index (χ1) is 15.1. The topological polar surface area (TPSA) is 85.2 Å². The van der Waals surface area contributed by atoms with Crippen molar-refractivity contribution in [1.82, 2.24) is 4.90 Å². The fourth-order valence-electron chi connectivity index (χ4n) is 3.62. The Morgan fingerprint density at radius 1 is 1.19 bits per heavy atom. The van der Waals surface area contributed by atoms with Crippen LogP contribution < -0.4 is 10.6 Å². The highest BCUT2D eigenvalue weighted by Gasteiger charge is 2.31. The van der Waals surface area contributed by atoms with E-state index in [1.54, 1.807) is 0 Å². The van der Waals surface area contributed by atoms with Crippen molar-refractivity contribution in [3.8, 4) is 6.07 Å². The molecule has 1 aliphatic carbocycles. The van der Waals surface area contributed by atoms with E-state index in [2.05, 4.69) is 42.4 Å². The number of nitriles is 1. The average Bonchev–Trinajstić information content (AvgIpc) is 3.47. The Kier molecular flexibility index (Phi) is 7.37. The number of amides is 2. The molecule has 0 saturated heterocycles. The predicted octanol–water partition coefficient (Wildman–Crippen LogP) is 4.97. The van der Waals surface area contributed by atoms with Gasteiger partial charge in [-0.25, -0.2) is 0 Å². The Morgan fingerprint density at radius 3 is 2.53 bits per heavy atom. The monoisotopic (exact) mass is 452 g/mol. The van der Waals surface area contributed by atoms with Gasteiger partial charge >= 0.3 is 0 Å². The summed E-state index contributed by atoms with van der Waals surface area (Å²) in [7, 11) is 0. The minimum Gasteiger partial charge on any atom is -0.325 e. The molecule has 2 amide bonds. The van der Waals surface area contributed by atoms with E-state index in [9.17, 15) is 14.9 Å². The smallest absolute Gasteiger partial charge is 0.238 e. The highest BCUT2D eigenvalue weighted by atomic mass is 32.1. The van der Waals surface area contributed by atoms with Crippen LogP contribution in [-0.2, 0) is 15.0 Å². The third-order valence-electron chi connectivity index (χ3n) is 5.67. The molecule has 0 radical (unpaired) electrons. The van der Waals surface area contributed by atoms with Gasteiger partial charge in [0.05, 0.1) is 12.1 Å². The summed E-state index contributed by atoms with van der Waals surface area (Å²) >= 11 is 1.39. The summed E-state index contributed by atoms with van der Waals surface area (Å²) in [4.78, 5) is 27.3. The van der Waals surface area contributed by atoms with Crippen LogP contribution in [0, 0.1) is 25.2 Å². The van der Waals surface area contributed by atoms with Crippen molar-refractivity contribution >= 4 is 33.8 Å². The zero-order valence-corrected chi connectivity index (χ0v) is 20.4. The van der Waals surface area contributed by atoms with Crippen molar-refractivity contribution in [3.05, 3.63) is 45.8 Å². The zero-order valence-electron chi connectivity index (χ0n) is 19.5. The van der Waals surface area contributed by atoms with Gasteiger partial charge in [-0.2, -0.15) is 5.26 Å². The van der Waals surface area contributed by atoms with Crippen molar-refractivity contribution in [2.75, 3.05) is 23.7 Å². The number of nitrogens with one attached hydrogen (secondary N) is 2. The van der Waals surface area contributed by atoms with Crippen molar-refractivity contribution in [2.45, 2.75) is 65.3 Å². The van der Waals surface area contributed by atoms with Crippen molar-refractivity contribution in [2.24, 2.45) is 0 Å². The van der Waals surface area contributed by atoms with Crippen LogP contribution in [0.15, 0.2) is 23.6 Å². The van der Waals surface area contributed by atoms with Crippen LogP contribution in [-0.4, -0.2) is 35.8 Å². The number of carbonyl (C=O) groups is 2. The number of benzene rings is 1. The quantitative estimate of drug-likeness (QED) is 0.592. The van der Waals surface area contributed by atoms with Crippen molar-refractivity contribution in [3.63, 3.8) is 0 Å². The second-order valence-electron chi connectivity index (χ2n) is 9.58. The molecule has 1 fully saturated rings. The molecule has 1 aromatic heterocycles. The van der Waals surface area contributed by atoms with Crippen molar-refractivity contribution in [1.29, 1.82) is 5.26 Å². The molecular formula is C25H32N4O2S. The van der Waals surface area contributed by atoms with E-state index in [0.717, 1.165) is 35.2 Å². The molecule has 3 rings (SSSR count). The summed E-state index contributed by atoms with van der Waals surface area (Å²) in [5.41, 5.74) is 4.29. The molecule has 0 unspecified atom stereocenters. The normalized spacial score (nSPS) is 13.7. The third kappa shape index (κ3) is 6.18. The van der Waals surface area contributed by atoms with Gasteiger partial charge in [-0.3, -0.25) is 14.5 Å². The first-order valence-corrected chi connectivity index (χ1v) is 11.9. The molecule has 32 heavy (non-hydrogen) atoms. The molecule has 0 aliphatic heterocycles. The lowest BCUT2D eigenvalue weighted by Crippen LogP contribution is -2.37. The minimum absolute atomic E-state index is 0.0640. The third-order valence-corrected chi connectivity index (χ3v) is 6.56. The van der Waals surface area contributed by atoms with Gasteiger partial charge in [-0.1, -0.05) is 32.9 Å². The summed E-state index contributed by atoms with van der Waals surface area (Å²) in [6.07, 6.45) is 2.38. The number of hydrogen-bond donors (Lipinski definition) is 2. The molecule has 7 heteroatoms. The maximum absolute atomic E-state index is 12.6. The number of aryl methyl sites for hydroxylation is 2. The highest BCUT2D eigenvalue weighted by molar-refractivity contribution is 7.14. The highest BCUT2D eigenvalue weighted by Crippen LogP contribution is 2.35. The van der Waals surface area contributed by atoms with Gasteiger partial charge in [0.1, 0.15) is 11.1 Å². The zero-order chi connectivity index (χ0) is 23.5. The van der Waals surface area contributed by atoms with Crippen LogP contribution in [0.25, 0.3) is 0 Å². The van der Waals surface area contributed by atoms with Crippen LogP contribution in [0.1, 0.15) is 62.3 Å². The lowest BCUT2D eigenvalue weighted by molar-refractivity contribution is -0.119. The minimum atomic E-state index is -0.156. The number of rotatable bonds is 8. The lowest BCUT2D eigenvalue weighted by Gasteiger charge is -2.21. The summed E-state index contributed by atoms with van der Waals surface area (Å²) in [5.74, 6) is -0.199. The molecule has 170 valence electrons. The van der Waals surface area contributed by atoms with Crippen LogP contribution >= 0.6 is 11.3 Å². The molecule has 0 atom stereocenters. The van der Waals surface area contributed by atoms with Gasteiger partial charge in [0.2, 0.25) is 11.8 Å². The lowest BCUT2D eigenvalue weighted by atomic mass is 9.86. The van der Waals surface area contributed by atoms with E-state index in [0.29, 0.717) is 23.2 Å². The van der Waals surface area contributed by atoms with Gasteiger partial charge in [0.25, 0.3) is 0 Å². The van der Waals surface area contributed by atoms with Crippen LogP contribution in [0.5, 0.6) is 0 Å². The van der Waals surface area contributed by atoms with Crippen LogP contribution in [0.2, 0.25) is 0 Å². The standard InChI is InChI=1S/C25H32N4O2S/c1-16-6-7-17(2)21(12-16)27-23(31)14-29(18-8-9-18)11-10-22(30)28-24-19(13-26)20(15-32-24)25(3,4)5/h6-7,12,15,18H,8-11,14H2,1-5H3,(H,27,31)(H,28,30). The van der Waals surface area contributed by atoms with E-state index in [4.69, 9.17) is 0 Å². The summed E-state index contributed by atoms with van der Waals surface area (Å²) in [6.45, 7) is 10.9. The Bertz CT molecular complexity index is 1040. The number of carbonyl (C=O) groups excluding carboxylic acids is 2. The molecule has 0 spiro atoms. The SMILES string of the molecule is Cc1ccc(C)c(NC(=O)CN(CCC(=O)Nc2scc(C(C)(C)C)c2C#N)C2CC2)c1. The summed E-state index contributed by atoms with van der Waals surface area (Å²) in [6, 6.07) is 8.59. The molecule has 0 bridgehead atoms. The number of nitrogens with zero attached hydrogens (tertiary/aromatic N) is 2. The Balaban J connectivity index is 1.57. The predicted molar refractivity (Wildman–Crippen MR) is 130 cm³/mol. The maximum atomic E-state index is 12.6. The Hall–Kier alpha value is -2.69. The van der Waals surface area contributed by atoms with E-state index in [1.165, 1.54) is 11.3 Å². The Morgan fingerprint density at radius 2 is 1.91 bits per heavy atom. The number of thiophene rings is 1. The first kappa shape index (κ1) is 24.0. The number of hydrogen-bond acceptors (Lipinski definition) is 5. The van der Waals surface area contributed by atoms with E-state index in [1.807, 2.05) is 37.4 Å².